The zero-order chi connectivity index (χ0) is 11.9. The van der Waals surface area contributed by atoms with E-state index in [4.69, 9.17) is 0 Å². The summed E-state index contributed by atoms with van der Waals surface area (Å²) in [4.78, 5) is 13.3. The molecule has 1 fully saturated rings. The first kappa shape index (κ1) is 12.4. The van der Waals surface area contributed by atoms with Gasteiger partial charge < -0.3 is 0 Å². The maximum absolute atomic E-state index is 11.2. The summed E-state index contributed by atoms with van der Waals surface area (Å²) in [7, 11) is 0. The van der Waals surface area contributed by atoms with E-state index < -0.39 is 0 Å². The summed E-state index contributed by atoms with van der Waals surface area (Å²) < 4.78 is 0. The SMILES string of the molecule is O=CC(Sc1ccccc1)=C1CCCCCC1. The molecule has 0 spiro atoms. The molecule has 0 amide bonds. The Morgan fingerprint density at radius 3 is 2.24 bits per heavy atom. The van der Waals surface area contributed by atoms with Gasteiger partial charge in [-0.1, -0.05) is 48.4 Å². The van der Waals surface area contributed by atoms with Crippen molar-refractivity contribution in [3.63, 3.8) is 0 Å². The minimum Gasteiger partial charge on any atom is -0.297 e. The van der Waals surface area contributed by atoms with Crippen molar-refractivity contribution in [1.82, 2.24) is 0 Å². The zero-order valence-corrected chi connectivity index (χ0v) is 10.8. The second-order valence-corrected chi connectivity index (χ2v) is 5.53. The summed E-state index contributed by atoms with van der Waals surface area (Å²) in [6.45, 7) is 0. The minimum absolute atomic E-state index is 0.943. The molecule has 0 N–H and O–H groups in total. The van der Waals surface area contributed by atoms with Crippen LogP contribution in [-0.2, 0) is 4.79 Å². The van der Waals surface area contributed by atoms with Crippen LogP contribution in [-0.4, -0.2) is 6.29 Å². The largest absolute Gasteiger partial charge is 0.297 e. The van der Waals surface area contributed by atoms with E-state index >= 15 is 0 Å². The molecule has 1 aromatic rings. The van der Waals surface area contributed by atoms with Crippen LogP contribution in [0.25, 0.3) is 0 Å². The van der Waals surface area contributed by atoms with E-state index in [1.54, 1.807) is 11.8 Å². The van der Waals surface area contributed by atoms with Crippen LogP contribution < -0.4 is 0 Å². The maximum Gasteiger partial charge on any atom is 0.156 e. The molecular formula is C15H18OS. The van der Waals surface area contributed by atoms with E-state index in [9.17, 15) is 4.79 Å². The number of carbonyl (C=O) groups excluding carboxylic acids is 1. The van der Waals surface area contributed by atoms with Crippen LogP contribution in [0.15, 0.2) is 45.7 Å². The van der Waals surface area contributed by atoms with Gasteiger partial charge in [-0.25, -0.2) is 0 Å². The number of benzene rings is 1. The van der Waals surface area contributed by atoms with Crippen molar-refractivity contribution in [2.24, 2.45) is 0 Å². The fourth-order valence-electron chi connectivity index (χ4n) is 2.20. The molecule has 1 nitrogen and oxygen atoms in total. The fourth-order valence-corrected chi connectivity index (χ4v) is 3.14. The first-order chi connectivity index (χ1) is 8.40. The van der Waals surface area contributed by atoms with Gasteiger partial charge in [-0.05, 0) is 37.8 Å². The van der Waals surface area contributed by atoms with Gasteiger partial charge in [0.15, 0.2) is 6.29 Å². The van der Waals surface area contributed by atoms with Gasteiger partial charge in [-0.15, -0.1) is 0 Å². The molecule has 2 heteroatoms. The molecule has 0 radical (unpaired) electrons. The van der Waals surface area contributed by atoms with Crippen molar-refractivity contribution >= 4 is 18.0 Å². The summed E-state index contributed by atoms with van der Waals surface area (Å²) in [5, 5.41) is 0. The Morgan fingerprint density at radius 1 is 1.00 bits per heavy atom. The quantitative estimate of drug-likeness (QED) is 0.336. The van der Waals surface area contributed by atoms with Crippen molar-refractivity contribution in [3.05, 3.63) is 40.8 Å². The van der Waals surface area contributed by atoms with E-state index in [-0.39, 0.29) is 0 Å². The third-order valence-electron chi connectivity index (χ3n) is 3.13. The molecular weight excluding hydrogens is 228 g/mol. The van der Waals surface area contributed by atoms with E-state index in [0.717, 1.165) is 28.9 Å². The average Bonchev–Trinajstić information content (AvgIpc) is 2.66. The highest BCUT2D eigenvalue weighted by molar-refractivity contribution is 8.04. The van der Waals surface area contributed by atoms with Gasteiger partial charge in [-0.3, -0.25) is 4.79 Å². The van der Waals surface area contributed by atoms with Gasteiger partial charge in [0.25, 0.3) is 0 Å². The lowest BCUT2D eigenvalue weighted by molar-refractivity contribution is -0.104. The highest BCUT2D eigenvalue weighted by Gasteiger charge is 2.11. The molecule has 0 unspecified atom stereocenters. The van der Waals surface area contributed by atoms with Gasteiger partial charge in [0.1, 0.15) is 0 Å². The third-order valence-corrected chi connectivity index (χ3v) is 4.25. The van der Waals surface area contributed by atoms with Gasteiger partial charge in [0.05, 0.1) is 4.91 Å². The molecule has 0 bridgehead atoms. The van der Waals surface area contributed by atoms with Crippen LogP contribution in [0.2, 0.25) is 0 Å². The topological polar surface area (TPSA) is 17.1 Å². The average molecular weight is 246 g/mol. The van der Waals surface area contributed by atoms with Crippen molar-refractivity contribution in [3.8, 4) is 0 Å². The van der Waals surface area contributed by atoms with Crippen LogP contribution in [0.5, 0.6) is 0 Å². The maximum atomic E-state index is 11.2. The molecule has 17 heavy (non-hydrogen) atoms. The van der Waals surface area contributed by atoms with E-state index in [0.29, 0.717) is 0 Å². The minimum atomic E-state index is 0.943. The summed E-state index contributed by atoms with van der Waals surface area (Å²) in [6, 6.07) is 10.2. The number of thioether (sulfide) groups is 1. The summed E-state index contributed by atoms with van der Waals surface area (Å²) >= 11 is 1.62. The van der Waals surface area contributed by atoms with Crippen LogP contribution in [0.1, 0.15) is 38.5 Å². The molecule has 1 aliphatic rings. The Labute approximate surface area is 107 Å². The van der Waals surface area contributed by atoms with Crippen LogP contribution in [0.3, 0.4) is 0 Å². The predicted octanol–water partition coefficient (Wildman–Crippen LogP) is 4.59. The monoisotopic (exact) mass is 246 g/mol. The second kappa shape index (κ2) is 6.65. The first-order valence-corrected chi connectivity index (χ1v) is 7.12. The van der Waals surface area contributed by atoms with Crippen molar-refractivity contribution in [2.75, 3.05) is 0 Å². The lowest BCUT2D eigenvalue weighted by Gasteiger charge is -2.08. The number of hydrogen-bond donors (Lipinski definition) is 0. The van der Waals surface area contributed by atoms with Crippen molar-refractivity contribution in [2.45, 2.75) is 43.4 Å². The summed E-state index contributed by atoms with van der Waals surface area (Å²) in [5.41, 5.74) is 1.37. The molecule has 0 saturated heterocycles. The Bertz CT molecular complexity index is 385. The van der Waals surface area contributed by atoms with Crippen LogP contribution >= 0.6 is 11.8 Å². The van der Waals surface area contributed by atoms with Crippen LogP contribution in [0, 0.1) is 0 Å². The standard InChI is InChI=1S/C15H18OS/c16-12-15(13-8-4-1-2-5-9-13)17-14-10-6-3-7-11-14/h3,6-7,10-12H,1-2,4-5,8-9H2. The molecule has 1 aromatic carbocycles. The van der Waals surface area contributed by atoms with Crippen molar-refractivity contribution < 1.29 is 4.79 Å². The lowest BCUT2D eigenvalue weighted by Crippen LogP contribution is -1.90. The molecule has 0 aliphatic heterocycles. The predicted molar refractivity (Wildman–Crippen MR) is 73.1 cm³/mol. The molecule has 90 valence electrons. The molecule has 0 atom stereocenters. The zero-order valence-electron chi connectivity index (χ0n) is 10.0. The highest BCUT2D eigenvalue weighted by atomic mass is 32.2. The molecule has 2 rings (SSSR count). The smallest absolute Gasteiger partial charge is 0.156 e. The number of hydrogen-bond acceptors (Lipinski definition) is 2. The highest BCUT2D eigenvalue weighted by Crippen LogP contribution is 2.33. The number of allylic oxidation sites excluding steroid dienone is 2. The molecule has 1 saturated carbocycles. The summed E-state index contributed by atoms with van der Waals surface area (Å²) in [5.74, 6) is 0. The molecule has 1 aliphatic carbocycles. The Kier molecular flexibility index (Phi) is 4.87. The second-order valence-electron chi connectivity index (χ2n) is 4.41. The Hall–Kier alpha value is -1.02. The lowest BCUT2D eigenvalue weighted by atomic mass is 10.1. The van der Waals surface area contributed by atoms with Crippen LogP contribution in [0.4, 0.5) is 0 Å². The molecule has 0 heterocycles. The summed E-state index contributed by atoms with van der Waals surface area (Å²) in [6.07, 6.45) is 8.35. The molecule has 0 aromatic heterocycles. The number of rotatable bonds is 3. The van der Waals surface area contributed by atoms with Gasteiger partial charge >= 0.3 is 0 Å². The van der Waals surface area contributed by atoms with Gasteiger partial charge in [-0.2, -0.15) is 0 Å². The van der Waals surface area contributed by atoms with Crippen molar-refractivity contribution in [1.29, 1.82) is 0 Å². The fraction of sp³-hybridized carbons (Fsp3) is 0.400. The van der Waals surface area contributed by atoms with E-state index in [2.05, 4.69) is 12.1 Å². The third kappa shape index (κ3) is 3.74. The van der Waals surface area contributed by atoms with Gasteiger partial charge in [0, 0.05) is 4.90 Å². The Balaban J connectivity index is 2.14. The first-order valence-electron chi connectivity index (χ1n) is 6.30. The number of carbonyl (C=O) groups is 1. The Morgan fingerprint density at radius 2 is 1.65 bits per heavy atom. The number of aldehydes is 1. The van der Waals surface area contributed by atoms with E-state index in [1.807, 2.05) is 18.2 Å². The van der Waals surface area contributed by atoms with Gasteiger partial charge in [0.2, 0.25) is 0 Å². The van der Waals surface area contributed by atoms with E-state index in [1.165, 1.54) is 31.3 Å². The normalized spacial score (nSPS) is 16.4.